The lowest BCUT2D eigenvalue weighted by Crippen LogP contribution is -2.53. The van der Waals surface area contributed by atoms with E-state index in [9.17, 15) is 35.9 Å². The van der Waals surface area contributed by atoms with Crippen molar-refractivity contribution in [2.24, 2.45) is 0 Å². The second-order valence-electron chi connectivity index (χ2n) is 10.0. The normalized spacial score (nSPS) is 19.1. The second-order valence-corrected chi connectivity index (χ2v) is 10.0. The molecule has 2 aliphatic heterocycles. The zero-order chi connectivity index (χ0) is 28.3. The Bertz CT molecular complexity index is 973. The summed E-state index contributed by atoms with van der Waals surface area (Å²) in [5, 5.41) is 12.1. The van der Waals surface area contributed by atoms with Crippen molar-refractivity contribution < 1.29 is 45.8 Å². The molecule has 0 saturated carbocycles. The molecule has 0 radical (unpaired) electrons. The summed E-state index contributed by atoms with van der Waals surface area (Å²) in [6, 6.07) is 6.01. The summed E-state index contributed by atoms with van der Waals surface area (Å²) in [5.41, 5.74) is 2.78. The summed E-state index contributed by atoms with van der Waals surface area (Å²) >= 11 is 0. The Labute approximate surface area is 216 Å². The maximum absolute atomic E-state index is 12.7. The number of ether oxygens (including phenoxy) is 1. The molecule has 3 rings (SSSR count). The van der Waals surface area contributed by atoms with E-state index in [1.807, 2.05) is 30.9 Å². The largest absolute Gasteiger partial charge is 0.480 e. The van der Waals surface area contributed by atoms with E-state index in [-0.39, 0.29) is 38.3 Å². The molecule has 214 valence electrons. The molecule has 2 fully saturated rings. The highest BCUT2D eigenvalue weighted by Crippen LogP contribution is 2.36. The van der Waals surface area contributed by atoms with Crippen LogP contribution >= 0.6 is 0 Å². The van der Waals surface area contributed by atoms with Gasteiger partial charge in [-0.2, -0.15) is 26.3 Å². The molecule has 1 aromatic rings. The van der Waals surface area contributed by atoms with Crippen molar-refractivity contribution in [3.05, 3.63) is 29.3 Å². The van der Waals surface area contributed by atoms with Gasteiger partial charge in [0.25, 0.3) is 6.10 Å². The summed E-state index contributed by atoms with van der Waals surface area (Å²) < 4.78 is 80.2. The van der Waals surface area contributed by atoms with Crippen LogP contribution < -0.4 is 10.2 Å². The SMILES string of the molecule is Cc1ccc(CN2CCN(C(=O)OC(C(F)(F)F)C(F)(F)F)CC2)c(N2CCC(C)(NCC(=O)O)CC2)c1. The number of carbonyl (C=O) groups excluding carboxylic acids is 1. The number of hydrogen-bond donors (Lipinski definition) is 2. The lowest BCUT2D eigenvalue weighted by Gasteiger charge is -2.42. The molecule has 0 aliphatic carbocycles. The van der Waals surface area contributed by atoms with Crippen LogP contribution in [0.4, 0.5) is 36.8 Å². The van der Waals surface area contributed by atoms with E-state index in [2.05, 4.69) is 21.0 Å². The third-order valence-corrected chi connectivity index (χ3v) is 6.95. The van der Waals surface area contributed by atoms with Gasteiger partial charge in [-0.15, -0.1) is 0 Å². The molecular formula is C24H32F6N4O4. The second kappa shape index (κ2) is 11.6. The molecule has 0 aromatic heterocycles. The number of hydrogen-bond acceptors (Lipinski definition) is 6. The third-order valence-electron chi connectivity index (χ3n) is 6.95. The van der Waals surface area contributed by atoms with E-state index in [0.29, 0.717) is 19.6 Å². The number of rotatable bonds is 7. The van der Waals surface area contributed by atoms with Gasteiger partial charge in [-0.3, -0.25) is 9.69 Å². The van der Waals surface area contributed by atoms with Crippen molar-refractivity contribution in [1.82, 2.24) is 15.1 Å². The lowest BCUT2D eigenvalue weighted by molar-refractivity contribution is -0.308. The monoisotopic (exact) mass is 554 g/mol. The molecule has 0 bridgehead atoms. The van der Waals surface area contributed by atoms with Crippen molar-refractivity contribution in [3.63, 3.8) is 0 Å². The van der Waals surface area contributed by atoms with Crippen molar-refractivity contribution in [1.29, 1.82) is 0 Å². The number of piperazine rings is 1. The maximum Gasteiger partial charge on any atom is 0.434 e. The molecule has 1 aromatic carbocycles. The van der Waals surface area contributed by atoms with Crippen LogP contribution in [0.25, 0.3) is 0 Å². The molecule has 2 heterocycles. The predicted molar refractivity (Wildman–Crippen MR) is 126 cm³/mol. The number of anilines is 1. The fourth-order valence-electron chi connectivity index (χ4n) is 4.63. The summed E-state index contributed by atoms with van der Waals surface area (Å²) in [7, 11) is 0. The van der Waals surface area contributed by atoms with Crippen molar-refractivity contribution in [3.8, 4) is 0 Å². The Morgan fingerprint density at radius 1 is 1.03 bits per heavy atom. The molecule has 14 heteroatoms. The maximum atomic E-state index is 12.7. The van der Waals surface area contributed by atoms with Gasteiger partial charge in [0.2, 0.25) is 0 Å². The molecule has 2 aliphatic rings. The Kier molecular flexibility index (Phi) is 9.07. The van der Waals surface area contributed by atoms with Crippen LogP contribution in [0, 0.1) is 6.92 Å². The average molecular weight is 555 g/mol. The number of carboxylic acids is 1. The molecule has 2 N–H and O–H groups in total. The van der Waals surface area contributed by atoms with E-state index in [1.165, 1.54) is 0 Å². The highest BCUT2D eigenvalue weighted by Gasteiger charge is 2.60. The van der Waals surface area contributed by atoms with Crippen LogP contribution in [0.5, 0.6) is 0 Å². The predicted octanol–water partition coefficient (Wildman–Crippen LogP) is 3.78. The molecule has 0 spiro atoms. The zero-order valence-corrected chi connectivity index (χ0v) is 21.2. The summed E-state index contributed by atoms with van der Waals surface area (Å²) in [4.78, 5) is 28.0. The minimum atomic E-state index is -5.75. The van der Waals surface area contributed by atoms with Gasteiger partial charge in [-0.05, 0) is 43.9 Å². The molecule has 8 nitrogen and oxygen atoms in total. The van der Waals surface area contributed by atoms with Gasteiger partial charge in [0.15, 0.2) is 0 Å². The Hall–Kier alpha value is -2.74. The zero-order valence-electron chi connectivity index (χ0n) is 21.2. The van der Waals surface area contributed by atoms with E-state index in [0.717, 1.165) is 34.6 Å². The highest BCUT2D eigenvalue weighted by molar-refractivity contribution is 5.69. The van der Waals surface area contributed by atoms with E-state index in [1.54, 1.807) is 0 Å². The summed E-state index contributed by atoms with van der Waals surface area (Å²) in [6.45, 7) is 6.12. The van der Waals surface area contributed by atoms with Gasteiger partial charge in [-0.1, -0.05) is 12.1 Å². The fraction of sp³-hybridized carbons (Fsp3) is 0.667. The molecule has 1 amide bonds. The van der Waals surface area contributed by atoms with Gasteiger partial charge in [0.1, 0.15) is 0 Å². The number of nitrogens with zero attached hydrogens (tertiary/aromatic N) is 3. The van der Waals surface area contributed by atoms with Gasteiger partial charge in [0, 0.05) is 57.0 Å². The molecule has 0 unspecified atom stereocenters. The van der Waals surface area contributed by atoms with E-state index < -0.39 is 30.5 Å². The Balaban J connectivity index is 1.59. The molecule has 0 atom stereocenters. The number of amides is 1. The smallest absolute Gasteiger partial charge is 0.434 e. The minimum absolute atomic E-state index is 0.0697. The number of carboxylic acid groups (broad SMARTS) is 1. The molecule has 2 saturated heterocycles. The number of aryl methyl sites for hydroxylation is 1. The molecule has 38 heavy (non-hydrogen) atoms. The Morgan fingerprint density at radius 3 is 2.13 bits per heavy atom. The topological polar surface area (TPSA) is 85.4 Å². The summed E-state index contributed by atoms with van der Waals surface area (Å²) in [6.07, 6.45) is -15.8. The van der Waals surface area contributed by atoms with Crippen molar-refractivity contribution >= 4 is 17.7 Å². The number of carbonyl (C=O) groups is 2. The lowest BCUT2D eigenvalue weighted by atomic mass is 9.89. The quantitative estimate of drug-likeness (QED) is 0.497. The number of halogens is 6. The van der Waals surface area contributed by atoms with Gasteiger partial charge < -0.3 is 25.0 Å². The minimum Gasteiger partial charge on any atom is -0.480 e. The number of alkyl halides is 6. The highest BCUT2D eigenvalue weighted by atomic mass is 19.4. The van der Waals surface area contributed by atoms with Gasteiger partial charge in [0.05, 0.1) is 6.54 Å². The number of benzene rings is 1. The average Bonchev–Trinajstić information content (AvgIpc) is 2.82. The number of piperidine rings is 1. The van der Waals surface area contributed by atoms with Crippen LogP contribution in [0.2, 0.25) is 0 Å². The first-order valence-corrected chi connectivity index (χ1v) is 12.2. The standard InChI is InChI=1S/C24H32F6N4O4/c1-16-3-4-17(18(13-16)33-7-5-22(2,6-8-33)31-14-19(35)36)15-32-9-11-34(12-10-32)21(37)38-20(23(25,26)27)24(28,29)30/h3-4,13,20,31H,5-12,14-15H2,1-2H3,(H,35,36). The first kappa shape index (κ1) is 29.8. The van der Waals surface area contributed by atoms with E-state index in [4.69, 9.17) is 5.11 Å². The van der Waals surface area contributed by atoms with Crippen LogP contribution in [-0.4, -0.2) is 96.8 Å². The number of nitrogens with one attached hydrogen (secondary N) is 1. The first-order valence-electron chi connectivity index (χ1n) is 12.2. The van der Waals surface area contributed by atoms with Gasteiger partial charge in [-0.25, -0.2) is 4.79 Å². The van der Waals surface area contributed by atoms with Crippen molar-refractivity contribution in [2.45, 2.75) is 57.2 Å². The molecular weight excluding hydrogens is 522 g/mol. The van der Waals surface area contributed by atoms with Crippen LogP contribution in [0.3, 0.4) is 0 Å². The van der Waals surface area contributed by atoms with Crippen LogP contribution in [0.1, 0.15) is 30.9 Å². The number of aliphatic carboxylic acids is 1. The summed E-state index contributed by atoms with van der Waals surface area (Å²) in [5.74, 6) is -0.913. The van der Waals surface area contributed by atoms with Gasteiger partial charge >= 0.3 is 24.4 Å². The third kappa shape index (κ3) is 7.88. The first-order chi connectivity index (χ1) is 17.6. The van der Waals surface area contributed by atoms with Crippen molar-refractivity contribution in [2.75, 3.05) is 50.7 Å². The van der Waals surface area contributed by atoms with E-state index >= 15 is 0 Å². The van der Waals surface area contributed by atoms with Crippen LogP contribution in [0.15, 0.2) is 18.2 Å². The Morgan fingerprint density at radius 2 is 1.61 bits per heavy atom. The fourth-order valence-corrected chi connectivity index (χ4v) is 4.63. The van der Waals surface area contributed by atoms with Crippen LogP contribution in [-0.2, 0) is 16.1 Å².